The van der Waals surface area contributed by atoms with Crippen LogP contribution >= 0.6 is 0 Å². The predicted molar refractivity (Wildman–Crippen MR) is 89.7 cm³/mol. The second kappa shape index (κ2) is 7.89. The molecule has 0 saturated heterocycles. The lowest BCUT2D eigenvalue weighted by Gasteiger charge is -2.06. The Bertz CT molecular complexity index is 787. The lowest BCUT2D eigenvalue weighted by atomic mass is 10.2. The fraction of sp³-hybridized carbons (Fsp3) is 0.118. The predicted octanol–water partition coefficient (Wildman–Crippen LogP) is 2.61. The van der Waals surface area contributed by atoms with E-state index in [4.69, 9.17) is 4.63 Å². The minimum absolute atomic E-state index is 0.190. The number of anilines is 1. The molecule has 122 valence electrons. The van der Waals surface area contributed by atoms with E-state index in [2.05, 4.69) is 26.1 Å². The van der Waals surface area contributed by atoms with Gasteiger partial charge in [0, 0.05) is 6.54 Å². The van der Waals surface area contributed by atoms with E-state index in [1.54, 1.807) is 0 Å². The molecule has 7 nitrogen and oxygen atoms in total. The Hall–Kier alpha value is -3.19. The number of aliphatic imine (C=N–C) groups is 1. The molecule has 0 spiro atoms. The van der Waals surface area contributed by atoms with E-state index < -0.39 is 0 Å². The summed E-state index contributed by atoms with van der Waals surface area (Å²) in [5.41, 5.74) is 4.49. The van der Waals surface area contributed by atoms with Crippen molar-refractivity contribution in [1.82, 2.24) is 15.8 Å². The molecular weight excluding hydrogens is 306 g/mol. The van der Waals surface area contributed by atoms with Crippen molar-refractivity contribution in [2.45, 2.75) is 13.1 Å². The highest BCUT2D eigenvalue weighted by Gasteiger charge is 2.16. The number of hydrogen-bond acceptors (Lipinski definition) is 6. The smallest absolute Gasteiger partial charge is 0.202 e. The van der Waals surface area contributed by atoms with Crippen LogP contribution in [0.4, 0.5) is 5.82 Å². The normalized spacial score (nSPS) is 11.3. The lowest BCUT2D eigenvalue weighted by Crippen LogP contribution is -2.22. The molecule has 24 heavy (non-hydrogen) atoms. The van der Waals surface area contributed by atoms with Gasteiger partial charge in [0.1, 0.15) is 0 Å². The first-order valence-corrected chi connectivity index (χ1v) is 7.46. The molecule has 1 aromatic heterocycles. The number of amidine groups is 1. The van der Waals surface area contributed by atoms with E-state index in [9.17, 15) is 5.21 Å². The highest BCUT2D eigenvalue weighted by atomic mass is 16.6. The number of nitrogens with one attached hydrogen (secondary N) is 2. The number of hydroxylamine groups is 1. The van der Waals surface area contributed by atoms with Crippen LogP contribution in [0.1, 0.15) is 16.8 Å². The second-order valence-corrected chi connectivity index (χ2v) is 5.06. The number of rotatable bonds is 6. The molecule has 0 aliphatic carbocycles. The molecule has 3 rings (SSSR count). The van der Waals surface area contributed by atoms with E-state index in [1.807, 2.05) is 60.7 Å². The summed E-state index contributed by atoms with van der Waals surface area (Å²) in [5.74, 6) is 0.600. The molecule has 0 unspecified atom stereocenters. The van der Waals surface area contributed by atoms with Crippen molar-refractivity contribution in [2.24, 2.45) is 4.99 Å². The minimum atomic E-state index is 0.190. The average molecular weight is 323 g/mol. The largest absolute Gasteiger partial charge is 0.361 e. The lowest BCUT2D eigenvalue weighted by molar-refractivity contribution is 0.233. The summed E-state index contributed by atoms with van der Waals surface area (Å²) < 4.78 is 4.77. The zero-order valence-electron chi connectivity index (χ0n) is 12.9. The van der Waals surface area contributed by atoms with Crippen molar-refractivity contribution >= 4 is 11.7 Å². The molecule has 0 saturated carbocycles. The van der Waals surface area contributed by atoms with Crippen molar-refractivity contribution in [2.75, 3.05) is 5.32 Å². The van der Waals surface area contributed by atoms with Crippen molar-refractivity contribution in [3.05, 3.63) is 77.5 Å². The van der Waals surface area contributed by atoms with Crippen LogP contribution in [0.2, 0.25) is 0 Å². The summed E-state index contributed by atoms with van der Waals surface area (Å²) in [4.78, 5) is 4.32. The average Bonchev–Trinajstić information content (AvgIpc) is 3.11. The quantitative estimate of drug-likeness (QED) is 0.367. The van der Waals surface area contributed by atoms with Gasteiger partial charge < -0.3 is 5.32 Å². The monoisotopic (exact) mass is 323 g/mol. The van der Waals surface area contributed by atoms with Crippen molar-refractivity contribution < 1.29 is 9.84 Å². The first kappa shape index (κ1) is 15.7. The molecular formula is C17H17N5O2. The number of nitrogens with zero attached hydrogens (tertiary/aromatic N) is 3. The van der Waals surface area contributed by atoms with Crippen LogP contribution in [-0.2, 0) is 13.1 Å². The zero-order valence-corrected chi connectivity index (χ0v) is 12.9. The third kappa shape index (κ3) is 3.96. The van der Waals surface area contributed by atoms with Crippen molar-refractivity contribution in [3.8, 4) is 0 Å². The molecule has 0 bridgehead atoms. The standard InChI is InChI=1S/C17H17N5O2/c23-20-16(18-11-13-7-3-1-4-8-13)15-17(22-24-21-15)19-12-14-9-5-2-6-10-14/h1-10,23H,11-12H2,(H,18,20)(H,19,22). The first-order valence-electron chi connectivity index (χ1n) is 7.46. The fourth-order valence-corrected chi connectivity index (χ4v) is 2.16. The minimum Gasteiger partial charge on any atom is -0.361 e. The highest BCUT2D eigenvalue weighted by molar-refractivity contribution is 6.00. The summed E-state index contributed by atoms with van der Waals surface area (Å²) in [6.45, 7) is 0.953. The first-order chi connectivity index (χ1) is 11.9. The van der Waals surface area contributed by atoms with E-state index in [0.717, 1.165) is 11.1 Å². The van der Waals surface area contributed by atoms with Gasteiger partial charge in [-0.05, 0) is 21.4 Å². The Labute approximate surface area is 139 Å². The number of benzene rings is 2. The van der Waals surface area contributed by atoms with Crippen LogP contribution in [0.25, 0.3) is 0 Å². The molecule has 3 N–H and O–H groups in total. The van der Waals surface area contributed by atoms with Gasteiger partial charge in [-0.25, -0.2) is 4.63 Å². The van der Waals surface area contributed by atoms with Gasteiger partial charge in [-0.3, -0.25) is 15.7 Å². The zero-order chi connectivity index (χ0) is 16.6. The number of aromatic nitrogens is 2. The van der Waals surface area contributed by atoms with E-state index in [0.29, 0.717) is 24.6 Å². The van der Waals surface area contributed by atoms with Gasteiger partial charge >= 0.3 is 0 Å². The van der Waals surface area contributed by atoms with Gasteiger partial charge in [0.15, 0.2) is 11.5 Å². The molecule has 0 fully saturated rings. The second-order valence-electron chi connectivity index (χ2n) is 5.06. The SMILES string of the molecule is ONC(=NCc1ccccc1)c1nonc1NCc1ccccc1. The Kier molecular flexibility index (Phi) is 5.16. The van der Waals surface area contributed by atoms with Crippen LogP contribution in [0, 0.1) is 0 Å². The van der Waals surface area contributed by atoms with E-state index in [-0.39, 0.29) is 5.84 Å². The molecule has 3 aromatic rings. The van der Waals surface area contributed by atoms with Gasteiger partial charge in [-0.15, -0.1) is 0 Å². The maximum absolute atomic E-state index is 9.37. The Morgan fingerprint density at radius 3 is 2.29 bits per heavy atom. The summed E-state index contributed by atoms with van der Waals surface area (Å²) >= 11 is 0. The van der Waals surface area contributed by atoms with Gasteiger partial charge in [-0.2, -0.15) is 0 Å². The maximum atomic E-state index is 9.37. The molecule has 0 aliphatic rings. The van der Waals surface area contributed by atoms with Gasteiger partial charge in [0.25, 0.3) is 0 Å². The van der Waals surface area contributed by atoms with Crippen LogP contribution in [-0.4, -0.2) is 21.4 Å². The number of hydrogen-bond donors (Lipinski definition) is 3. The molecule has 1 heterocycles. The molecule has 2 aromatic carbocycles. The van der Waals surface area contributed by atoms with Crippen LogP contribution in [0.5, 0.6) is 0 Å². The Morgan fingerprint density at radius 2 is 1.62 bits per heavy atom. The molecule has 0 amide bonds. The third-order valence-electron chi connectivity index (χ3n) is 3.38. The van der Waals surface area contributed by atoms with Crippen LogP contribution in [0.15, 0.2) is 70.3 Å². The maximum Gasteiger partial charge on any atom is 0.202 e. The topological polar surface area (TPSA) is 95.6 Å². The van der Waals surface area contributed by atoms with E-state index in [1.165, 1.54) is 0 Å². The van der Waals surface area contributed by atoms with Crippen molar-refractivity contribution in [1.29, 1.82) is 0 Å². The molecule has 0 radical (unpaired) electrons. The van der Waals surface area contributed by atoms with Gasteiger partial charge in [0.05, 0.1) is 6.54 Å². The third-order valence-corrected chi connectivity index (χ3v) is 3.38. The summed E-state index contributed by atoms with van der Waals surface area (Å²) in [5, 5.41) is 20.1. The van der Waals surface area contributed by atoms with Crippen LogP contribution in [0.3, 0.4) is 0 Å². The Balaban J connectivity index is 1.72. The van der Waals surface area contributed by atoms with Gasteiger partial charge in [-0.1, -0.05) is 60.7 Å². The highest BCUT2D eigenvalue weighted by Crippen LogP contribution is 2.12. The van der Waals surface area contributed by atoms with E-state index >= 15 is 0 Å². The van der Waals surface area contributed by atoms with Gasteiger partial charge in [0.2, 0.25) is 5.82 Å². The Morgan fingerprint density at radius 1 is 0.958 bits per heavy atom. The molecule has 0 aliphatic heterocycles. The summed E-state index contributed by atoms with van der Waals surface area (Å²) in [6.07, 6.45) is 0. The molecule has 0 atom stereocenters. The summed E-state index contributed by atoms with van der Waals surface area (Å²) in [6, 6.07) is 19.6. The van der Waals surface area contributed by atoms with Crippen LogP contribution < -0.4 is 10.8 Å². The fourth-order valence-electron chi connectivity index (χ4n) is 2.16. The molecule has 7 heteroatoms. The van der Waals surface area contributed by atoms with Crippen molar-refractivity contribution in [3.63, 3.8) is 0 Å². The summed E-state index contributed by atoms with van der Waals surface area (Å²) in [7, 11) is 0.